The van der Waals surface area contributed by atoms with Gasteiger partial charge >= 0.3 is 0 Å². The summed E-state index contributed by atoms with van der Waals surface area (Å²) in [5.41, 5.74) is -0.213. The molecule has 2 fully saturated rings. The zero-order valence-corrected chi connectivity index (χ0v) is 8.51. The van der Waals surface area contributed by atoms with Gasteiger partial charge < -0.3 is 4.74 Å². The first-order valence-corrected chi connectivity index (χ1v) is 5.29. The van der Waals surface area contributed by atoms with Crippen LogP contribution in [0.4, 0.5) is 0 Å². The molecule has 2 aliphatic rings. The Morgan fingerprint density at radius 1 is 1.31 bits per heavy atom. The van der Waals surface area contributed by atoms with Crippen molar-refractivity contribution in [2.45, 2.75) is 57.7 Å². The molecular weight excluding hydrogens is 164 g/mol. The molecule has 0 radical (unpaired) electrons. The van der Waals surface area contributed by atoms with Gasteiger partial charge in [0.25, 0.3) is 0 Å². The second-order valence-corrected chi connectivity index (χ2v) is 4.95. The second kappa shape index (κ2) is 3.09. The van der Waals surface area contributed by atoms with Gasteiger partial charge in [-0.1, -0.05) is 12.8 Å². The van der Waals surface area contributed by atoms with Crippen molar-refractivity contribution in [3.8, 4) is 0 Å². The van der Waals surface area contributed by atoms with Crippen LogP contribution in [0.3, 0.4) is 0 Å². The molecule has 0 N–H and O–H groups in total. The summed E-state index contributed by atoms with van der Waals surface area (Å²) in [4.78, 5) is 11.8. The van der Waals surface area contributed by atoms with Gasteiger partial charge in [0, 0.05) is 12.3 Å². The lowest BCUT2D eigenvalue weighted by atomic mass is 9.77. The molecule has 0 unspecified atom stereocenters. The Labute approximate surface area is 79.7 Å². The van der Waals surface area contributed by atoms with Crippen LogP contribution in [0.2, 0.25) is 0 Å². The van der Waals surface area contributed by atoms with E-state index in [2.05, 4.69) is 0 Å². The molecule has 1 aliphatic carbocycles. The largest absolute Gasteiger partial charge is 0.371 e. The van der Waals surface area contributed by atoms with Crippen LogP contribution in [0.5, 0.6) is 0 Å². The Kier molecular flexibility index (Phi) is 2.18. The van der Waals surface area contributed by atoms with Crippen LogP contribution >= 0.6 is 0 Å². The first-order chi connectivity index (χ1) is 6.08. The molecule has 0 bridgehead atoms. The fourth-order valence-electron chi connectivity index (χ4n) is 2.61. The van der Waals surface area contributed by atoms with E-state index < -0.39 is 0 Å². The van der Waals surface area contributed by atoms with E-state index in [0.717, 1.165) is 12.8 Å². The van der Waals surface area contributed by atoms with Gasteiger partial charge in [0.05, 0.1) is 11.7 Å². The van der Waals surface area contributed by atoms with E-state index in [9.17, 15) is 4.79 Å². The third-order valence-corrected chi connectivity index (χ3v) is 3.19. The summed E-state index contributed by atoms with van der Waals surface area (Å²) in [5, 5.41) is 0. The van der Waals surface area contributed by atoms with Gasteiger partial charge in [0.2, 0.25) is 0 Å². The molecule has 13 heavy (non-hydrogen) atoms. The number of ether oxygens (including phenoxy) is 1. The minimum atomic E-state index is -0.213. The minimum absolute atomic E-state index is 0.213. The van der Waals surface area contributed by atoms with Crippen molar-refractivity contribution in [1.82, 2.24) is 0 Å². The molecule has 1 saturated carbocycles. The lowest BCUT2D eigenvalue weighted by Gasteiger charge is -2.42. The third kappa shape index (κ3) is 1.78. The van der Waals surface area contributed by atoms with Gasteiger partial charge in [0.15, 0.2) is 0 Å². The highest BCUT2D eigenvalue weighted by molar-refractivity contribution is 5.83. The number of ketones is 1. The molecule has 0 aromatic rings. The number of rotatable bonds is 0. The lowest BCUT2D eigenvalue weighted by molar-refractivity contribution is -0.167. The van der Waals surface area contributed by atoms with Crippen molar-refractivity contribution in [2.75, 3.05) is 0 Å². The molecule has 0 spiro atoms. The van der Waals surface area contributed by atoms with Crippen LogP contribution in [-0.2, 0) is 9.53 Å². The average molecular weight is 182 g/mol. The van der Waals surface area contributed by atoms with E-state index in [0.29, 0.717) is 12.2 Å². The predicted molar refractivity (Wildman–Crippen MR) is 50.5 cm³/mol. The van der Waals surface area contributed by atoms with Crippen molar-refractivity contribution in [2.24, 2.45) is 5.92 Å². The molecule has 74 valence electrons. The highest BCUT2D eigenvalue weighted by atomic mass is 16.5. The molecule has 2 atom stereocenters. The number of hydrogen-bond donors (Lipinski definition) is 0. The maximum Gasteiger partial charge on any atom is 0.141 e. The summed E-state index contributed by atoms with van der Waals surface area (Å²) >= 11 is 0. The van der Waals surface area contributed by atoms with Crippen LogP contribution < -0.4 is 0 Å². The number of hydrogen-bond acceptors (Lipinski definition) is 2. The van der Waals surface area contributed by atoms with E-state index in [1.165, 1.54) is 12.8 Å². The van der Waals surface area contributed by atoms with E-state index in [4.69, 9.17) is 4.74 Å². The molecule has 0 amide bonds. The summed E-state index contributed by atoms with van der Waals surface area (Å²) in [6, 6.07) is 0. The zero-order valence-electron chi connectivity index (χ0n) is 8.51. The van der Waals surface area contributed by atoms with Crippen molar-refractivity contribution in [3.63, 3.8) is 0 Å². The van der Waals surface area contributed by atoms with Crippen molar-refractivity contribution >= 4 is 5.78 Å². The third-order valence-electron chi connectivity index (χ3n) is 3.19. The highest BCUT2D eigenvalue weighted by Gasteiger charge is 2.41. The molecule has 1 saturated heterocycles. The molecule has 1 aliphatic heterocycles. The summed E-state index contributed by atoms with van der Waals surface area (Å²) in [6.45, 7) is 4.05. The fourth-order valence-corrected chi connectivity index (χ4v) is 2.61. The Morgan fingerprint density at radius 3 is 2.77 bits per heavy atom. The highest BCUT2D eigenvalue weighted by Crippen LogP contribution is 2.37. The minimum Gasteiger partial charge on any atom is -0.371 e. The van der Waals surface area contributed by atoms with E-state index in [1.807, 2.05) is 13.8 Å². The maximum absolute atomic E-state index is 11.8. The molecule has 1 heterocycles. The van der Waals surface area contributed by atoms with Gasteiger partial charge in [-0.15, -0.1) is 0 Å². The molecule has 2 rings (SSSR count). The monoisotopic (exact) mass is 182 g/mol. The SMILES string of the molecule is CC1(C)CC(=O)[C@H]2CCCC[C@@H]2O1. The number of carbonyl (C=O) groups excluding carboxylic acids is 1. The Bertz CT molecular complexity index is 220. The first-order valence-electron chi connectivity index (χ1n) is 5.29. The second-order valence-electron chi connectivity index (χ2n) is 4.95. The summed E-state index contributed by atoms with van der Waals surface area (Å²) < 4.78 is 5.93. The van der Waals surface area contributed by atoms with E-state index >= 15 is 0 Å². The van der Waals surface area contributed by atoms with Crippen molar-refractivity contribution in [3.05, 3.63) is 0 Å². The van der Waals surface area contributed by atoms with Crippen LogP contribution in [0.15, 0.2) is 0 Å². The Hall–Kier alpha value is -0.370. The van der Waals surface area contributed by atoms with Crippen LogP contribution in [-0.4, -0.2) is 17.5 Å². The quantitative estimate of drug-likeness (QED) is 0.574. The zero-order chi connectivity index (χ0) is 9.47. The average Bonchev–Trinajstić information content (AvgIpc) is 2.02. The summed E-state index contributed by atoms with van der Waals surface area (Å²) in [7, 11) is 0. The lowest BCUT2D eigenvalue weighted by Crippen LogP contribution is -2.47. The summed E-state index contributed by atoms with van der Waals surface area (Å²) in [5.74, 6) is 0.655. The fraction of sp³-hybridized carbons (Fsp3) is 0.909. The molecule has 2 nitrogen and oxygen atoms in total. The Morgan fingerprint density at radius 2 is 2.00 bits per heavy atom. The molecule has 2 heteroatoms. The normalized spacial score (nSPS) is 38.5. The van der Waals surface area contributed by atoms with E-state index in [1.54, 1.807) is 0 Å². The predicted octanol–water partition coefficient (Wildman–Crippen LogP) is 2.31. The van der Waals surface area contributed by atoms with Gasteiger partial charge in [0.1, 0.15) is 5.78 Å². The molecule has 0 aromatic heterocycles. The van der Waals surface area contributed by atoms with E-state index in [-0.39, 0.29) is 17.6 Å². The van der Waals surface area contributed by atoms with Gasteiger partial charge in [-0.3, -0.25) is 4.79 Å². The molecular formula is C11H18O2. The number of carbonyl (C=O) groups is 1. The number of fused-ring (bicyclic) bond motifs is 1. The van der Waals surface area contributed by atoms with Gasteiger partial charge in [-0.2, -0.15) is 0 Å². The standard InChI is InChI=1S/C11H18O2/c1-11(2)7-9(12)8-5-3-4-6-10(8)13-11/h8,10H,3-7H2,1-2H3/t8-,10+/m1/s1. The first kappa shape index (κ1) is 9.20. The van der Waals surface area contributed by atoms with Crippen molar-refractivity contribution in [1.29, 1.82) is 0 Å². The van der Waals surface area contributed by atoms with Crippen LogP contribution in [0.1, 0.15) is 46.0 Å². The summed E-state index contributed by atoms with van der Waals surface area (Å²) in [6.07, 6.45) is 5.40. The van der Waals surface area contributed by atoms with Gasteiger partial charge in [-0.05, 0) is 26.7 Å². The maximum atomic E-state index is 11.8. The smallest absolute Gasteiger partial charge is 0.141 e. The Balaban J connectivity index is 2.12. The van der Waals surface area contributed by atoms with Gasteiger partial charge in [-0.25, -0.2) is 0 Å². The molecule has 0 aromatic carbocycles. The van der Waals surface area contributed by atoms with Crippen LogP contribution in [0.25, 0.3) is 0 Å². The van der Waals surface area contributed by atoms with Crippen LogP contribution in [0, 0.1) is 5.92 Å². The number of Topliss-reactive ketones (excluding diaryl/α,β-unsaturated/α-hetero) is 1. The topological polar surface area (TPSA) is 26.3 Å². The van der Waals surface area contributed by atoms with Crippen molar-refractivity contribution < 1.29 is 9.53 Å².